The average molecular weight is 248 g/mol. The van der Waals surface area contributed by atoms with Crippen molar-refractivity contribution in [2.24, 2.45) is 0 Å². The van der Waals surface area contributed by atoms with Crippen LogP contribution in [0.2, 0.25) is 0 Å². The first-order chi connectivity index (χ1) is 6.84. The summed E-state index contributed by atoms with van der Waals surface area (Å²) >= 11 is 3.36. The average Bonchev–Trinajstić information content (AvgIpc) is 2.19. The van der Waals surface area contributed by atoms with E-state index < -0.39 is 0 Å². The van der Waals surface area contributed by atoms with Crippen molar-refractivity contribution in [1.29, 1.82) is 0 Å². The smallest absolute Gasteiger partial charge is 0.106 e. The molecule has 0 bridgehead atoms. The fourth-order valence-electron chi connectivity index (χ4n) is 1.38. The second kappa shape index (κ2) is 4.38. The first-order valence-corrected chi connectivity index (χ1v) is 5.28. The van der Waals surface area contributed by atoms with Gasteiger partial charge in [-0.15, -0.1) is 0 Å². The van der Waals surface area contributed by atoms with Crippen molar-refractivity contribution in [3.8, 4) is 0 Å². The summed E-state index contributed by atoms with van der Waals surface area (Å²) in [7, 11) is 0. The van der Waals surface area contributed by atoms with Gasteiger partial charge in [0.2, 0.25) is 0 Å². The molecule has 0 saturated heterocycles. The van der Waals surface area contributed by atoms with Gasteiger partial charge in [-0.25, -0.2) is 4.98 Å². The Morgan fingerprint density at radius 3 is 2.50 bits per heavy atom. The molecule has 0 fully saturated rings. The number of pyridine rings is 1. The maximum Gasteiger partial charge on any atom is 0.106 e. The van der Waals surface area contributed by atoms with E-state index in [1.807, 2.05) is 24.4 Å². The summed E-state index contributed by atoms with van der Waals surface area (Å²) < 4.78 is 0.894. The molecule has 0 radical (unpaired) electrons. The number of benzene rings is 1. The van der Waals surface area contributed by atoms with Crippen LogP contribution in [-0.2, 0) is 6.42 Å². The fraction of sp³-hybridized carbons (Fsp3) is 0.0833. The predicted octanol–water partition coefficient (Wildman–Crippen LogP) is 3.43. The maximum atomic E-state index is 4.10. The van der Waals surface area contributed by atoms with Crippen LogP contribution >= 0.6 is 15.9 Å². The fourth-order valence-corrected chi connectivity index (χ4v) is 1.80. The van der Waals surface area contributed by atoms with E-state index in [1.54, 1.807) is 0 Å². The van der Waals surface area contributed by atoms with Crippen molar-refractivity contribution in [3.63, 3.8) is 0 Å². The van der Waals surface area contributed by atoms with Crippen LogP contribution in [0.4, 0.5) is 0 Å². The van der Waals surface area contributed by atoms with E-state index in [4.69, 9.17) is 0 Å². The van der Waals surface area contributed by atoms with Crippen molar-refractivity contribution < 1.29 is 0 Å². The van der Waals surface area contributed by atoms with Crippen LogP contribution in [0.3, 0.4) is 0 Å². The summed E-state index contributed by atoms with van der Waals surface area (Å²) in [6.07, 6.45) is 2.78. The molecular weight excluding hydrogens is 238 g/mol. The Balaban J connectivity index is 2.19. The van der Waals surface area contributed by atoms with E-state index in [9.17, 15) is 0 Å². The molecule has 70 valence electrons. The lowest BCUT2D eigenvalue weighted by Gasteiger charge is -2.01. The Kier molecular flexibility index (Phi) is 2.94. The van der Waals surface area contributed by atoms with Crippen LogP contribution in [0, 0.1) is 0 Å². The highest BCUT2D eigenvalue weighted by Gasteiger charge is 1.96. The van der Waals surface area contributed by atoms with Gasteiger partial charge < -0.3 is 0 Å². The van der Waals surface area contributed by atoms with Crippen molar-refractivity contribution in [3.05, 3.63) is 64.4 Å². The summed E-state index contributed by atoms with van der Waals surface area (Å²) in [5.41, 5.74) is 2.60. The van der Waals surface area contributed by atoms with Crippen molar-refractivity contribution in [2.45, 2.75) is 6.42 Å². The minimum absolute atomic E-state index is 0.894. The summed E-state index contributed by atoms with van der Waals surface area (Å²) in [6, 6.07) is 14.5. The first kappa shape index (κ1) is 9.41. The largest absolute Gasteiger partial charge is 0.249 e. The highest BCUT2D eigenvalue weighted by Crippen LogP contribution is 2.12. The number of nitrogens with zero attached hydrogens (tertiary/aromatic N) is 1. The molecule has 0 aliphatic rings. The van der Waals surface area contributed by atoms with Crippen molar-refractivity contribution in [2.75, 3.05) is 0 Å². The molecule has 1 heterocycles. The number of hydrogen-bond acceptors (Lipinski definition) is 1. The van der Waals surface area contributed by atoms with Gasteiger partial charge in [-0.2, -0.15) is 0 Å². The molecule has 0 aliphatic heterocycles. The molecule has 0 aliphatic carbocycles. The van der Waals surface area contributed by atoms with Crippen LogP contribution in [-0.4, -0.2) is 4.98 Å². The zero-order valence-electron chi connectivity index (χ0n) is 7.65. The quantitative estimate of drug-likeness (QED) is 0.742. The van der Waals surface area contributed by atoms with Crippen LogP contribution < -0.4 is 0 Å². The van der Waals surface area contributed by atoms with Crippen LogP contribution in [0.1, 0.15) is 11.1 Å². The van der Waals surface area contributed by atoms with Gasteiger partial charge in [-0.1, -0.05) is 30.3 Å². The monoisotopic (exact) mass is 247 g/mol. The van der Waals surface area contributed by atoms with Crippen LogP contribution in [0.25, 0.3) is 0 Å². The zero-order chi connectivity index (χ0) is 9.80. The normalized spacial score (nSPS) is 10.1. The van der Waals surface area contributed by atoms with E-state index in [0.29, 0.717) is 0 Å². The van der Waals surface area contributed by atoms with Gasteiger partial charge in [0.15, 0.2) is 0 Å². The van der Waals surface area contributed by atoms with E-state index in [2.05, 4.69) is 45.2 Å². The number of hydrogen-bond donors (Lipinski definition) is 0. The molecule has 0 atom stereocenters. The lowest BCUT2D eigenvalue weighted by Crippen LogP contribution is -1.88. The van der Waals surface area contributed by atoms with Gasteiger partial charge >= 0.3 is 0 Å². The Bertz CT molecular complexity index is 412. The molecule has 1 nitrogen and oxygen atoms in total. The molecule has 0 amide bonds. The summed E-state index contributed by atoms with van der Waals surface area (Å²) in [6.45, 7) is 0. The molecular formula is C12H10BrN. The standard InChI is InChI=1S/C12H10BrN/c13-12-9-11(6-7-14-12)8-10-4-2-1-3-5-10/h1-7,9H,8H2. The third kappa shape index (κ3) is 2.42. The second-order valence-corrected chi connectivity index (χ2v) is 3.96. The Labute approximate surface area is 91.9 Å². The molecule has 0 spiro atoms. The van der Waals surface area contributed by atoms with Gasteiger partial charge in [0.05, 0.1) is 0 Å². The lowest BCUT2D eigenvalue weighted by atomic mass is 10.1. The minimum Gasteiger partial charge on any atom is -0.249 e. The van der Waals surface area contributed by atoms with Gasteiger partial charge in [0, 0.05) is 6.20 Å². The number of halogens is 1. The van der Waals surface area contributed by atoms with E-state index in [-0.39, 0.29) is 0 Å². The minimum atomic E-state index is 0.894. The highest BCUT2D eigenvalue weighted by atomic mass is 79.9. The van der Waals surface area contributed by atoms with Gasteiger partial charge in [0.1, 0.15) is 4.60 Å². The predicted molar refractivity (Wildman–Crippen MR) is 61.2 cm³/mol. The third-order valence-corrected chi connectivity index (χ3v) is 2.48. The zero-order valence-corrected chi connectivity index (χ0v) is 9.24. The van der Waals surface area contributed by atoms with E-state index in [1.165, 1.54) is 11.1 Å². The highest BCUT2D eigenvalue weighted by molar-refractivity contribution is 9.10. The molecule has 0 saturated carbocycles. The van der Waals surface area contributed by atoms with E-state index in [0.717, 1.165) is 11.0 Å². The number of rotatable bonds is 2. The molecule has 2 heteroatoms. The summed E-state index contributed by atoms with van der Waals surface area (Å²) in [5, 5.41) is 0. The van der Waals surface area contributed by atoms with Gasteiger partial charge in [0.25, 0.3) is 0 Å². The van der Waals surface area contributed by atoms with Crippen LogP contribution in [0.5, 0.6) is 0 Å². The third-order valence-electron chi connectivity index (χ3n) is 2.04. The number of aromatic nitrogens is 1. The molecule has 0 N–H and O–H groups in total. The van der Waals surface area contributed by atoms with E-state index >= 15 is 0 Å². The SMILES string of the molecule is Brc1cc(Cc2ccccc2)ccn1. The molecule has 1 aromatic carbocycles. The van der Waals surface area contributed by atoms with Crippen molar-refractivity contribution >= 4 is 15.9 Å². The molecule has 2 rings (SSSR count). The first-order valence-electron chi connectivity index (χ1n) is 4.49. The van der Waals surface area contributed by atoms with Crippen molar-refractivity contribution in [1.82, 2.24) is 4.98 Å². The Hall–Kier alpha value is -1.15. The van der Waals surface area contributed by atoms with Gasteiger partial charge in [-0.05, 0) is 45.6 Å². The molecule has 0 unspecified atom stereocenters. The van der Waals surface area contributed by atoms with Crippen LogP contribution in [0.15, 0.2) is 53.3 Å². The topological polar surface area (TPSA) is 12.9 Å². The Morgan fingerprint density at radius 1 is 1.00 bits per heavy atom. The lowest BCUT2D eigenvalue weighted by molar-refractivity contribution is 1.15. The summed E-state index contributed by atoms with van der Waals surface area (Å²) in [4.78, 5) is 4.10. The second-order valence-electron chi connectivity index (χ2n) is 3.15. The Morgan fingerprint density at radius 2 is 1.79 bits per heavy atom. The molecule has 2 aromatic rings. The maximum absolute atomic E-state index is 4.10. The molecule has 14 heavy (non-hydrogen) atoms. The summed E-state index contributed by atoms with van der Waals surface area (Å²) in [5.74, 6) is 0. The molecule has 1 aromatic heterocycles. The van der Waals surface area contributed by atoms with Gasteiger partial charge in [-0.3, -0.25) is 0 Å².